The Morgan fingerprint density at radius 3 is 2.77 bits per heavy atom. The van der Waals surface area contributed by atoms with Crippen LogP contribution in [0.25, 0.3) is 0 Å². The van der Waals surface area contributed by atoms with Gasteiger partial charge in [0.1, 0.15) is 5.00 Å². The highest BCUT2D eigenvalue weighted by Crippen LogP contribution is 2.38. The molecule has 0 unspecified atom stereocenters. The summed E-state index contributed by atoms with van der Waals surface area (Å²) in [6.45, 7) is 5.85. The molecule has 0 atom stereocenters. The molecule has 3 heterocycles. The number of hydrogen-bond acceptors (Lipinski definition) is 8. The lowest BCUT2D eigenvalue weighted by atomic mass is 9.95. The molecule has 1 saturated heterocycles. The van der Waals surface area contributed by atoms with E-state index in [1.165, 1.54) is 23.3 Å². The molecule has 0 radical (unpaired) electrons. The largest absolute Gasteiger partial charge is 0.465 e. The fourth-order valence-corrected chi connectivity index (χ4v) is 6.30. The van der Waals surface area contributed by atoms with Gasteiger partial charge in [-0.05, 0) is 44.6 Å². The number of nitrogens with one attached hydrogen (secondary N) is 1. The smallest absolute Gasteiger partial charge is 0.341 e. The zero-order valence-electron chi connectivity index (χ0n) is 17.5. The molecule has 2 aromatic rings. The van der Waals surface area contributed by atoms with Crippen LogP contribution in [0, 0.1) is 6.92 Å². The highest BCUT2D eigenvalue weighted by molar-refractivity contribution is 7.17. The van der Waals surface area contributed by atoms with Crippen molar-refractivity contribution in [2.45, 2.75) is 39.0 Å². The first-order valence-electron chi connectivity index (χ1n) is 10.5. The molecule has 1 amide bonds. The number of aryl methyl sites for hydroxylation is 2. The topological polar surface area (TPSA) is 74.8 Å². The third-order valence-corrected chi connectivity index (χ3v) is 7.87. The number of carbonyl (C=O) groups excluding carboxylic acids is 2. The van der Waals surface area contributed by atoms with Crippen LogP contribution in [-0.2, 0) is 22.4 Å². The van der Waals surface area contributed by atoms with Crippen molar-refractivity contribution < 1.29 is 14.3 Å². The summed E-state index contributed by atoms with van der Waals surface area (Å²) in [5.74, 6) is -0.425. The second kappa shape index (κ2) is 9.45. The molecular weight excluding hydrogens is 420 g/mol. The van der Waals surface area contributed by atoms with E-state index in [0.717, 1.165) is 74.7 Å². The number of amides is 1. The number of thiophene rings is 1. The maximum absolute atomic E-state index is 12.8. The van der Waals surface area contributed by atoms with Crippen molar-refractivity contribution in [3.05, 3.63) is 27.1 Å². The Labute approximate surface area is 185 Å². The summed E-state index contributed by atoms with van der Waals surface area (Å²) in [6, 6.07) is 0. The van der Waals surface area contributed by atoms with Crippen molar-refractivity contribution in [2.24, 2.45) is 0 Å². The van der Waals surface area contributed by atoms with Gasteiger partial charge < -0.3 is 15.0 Å². The van der Waals surface area contributed by atoms with Gasteiger partial charge in [0.15, 0.2) is 5.13 Å². The number of esters is 1. The molecule has 7 nitrogen and oxygen atoms in total. The van der Waals surface area contributed by atoms with Crippen LogP contribution in [0.2, 0.25) is 0 Å². The average molecular weight is 449 g/mol. The second-order valence-electron chi connectivity index (χ2n) is 7.84. The molecule has 2 aromatic heterocycles. The monoisotopic (exact) mass is 448 g/mol. The van der Waals surface area contributed by atoms with Gasteiger partial charge in [0.2, 0.25) is 5.91 Å². The van der Waals surface area contributed by atoms with Gasteiger partial charge in [0, 0.05) is 36.4 Å². The zero-order chi connectivity index (χ0) is 21.1. The lowest BCUT2D eigenvalue weighted by Crippen LogP contribution is -2.36. The number of thiazole rings is 1. The highest BCUT2D eigenvalue weighted by Gasteiger charge is 2.27. The molecular formula is C21H28N4O3S2. The number of anilines is 2. The summed E-state index contributed by atoms with van der Waals surface area (Å²) >= 11 is 3.21. The van der Waals surface area contributed by atoms with E-state index in [4.69, 9.17) is 4.74 Å². The van der Waals surface area contributed by atoms with Crippen LogP contribution in [0.3, 0.4) is 0 Å². The van der Waals surface area contributed by atoms with Gasteiger partial charge in [-0.15, -0.1) is 22.7 Å². The summed E-state index contributed by atoms with van der Waals surface area (Å²) in [6.07, 6.45) is 5.05. The fraction of sp³-hybridized carbons (Fsp3) is 0.571. The Hall–Kier alpha value is -1.97. The van der Waals surface area contributed by atoms with Crippen molar-refractivity contribution in [2.75, 3.05) is 50.1 Å². The van der Waals surface area contributed by atoms with E-state index < -0.39 is 0 Å². The molecule has 4 rings (SSSR count). The Kier molecular flexibility index (Phi) is 6.70. The van der Waals surface area contributed by atoms with E-state index >= 15 is 0 Å². The molecule has 1 aliphatic heterocycles. The summed E-state index contributed by atoms with van der Waals surface area (Å²) in [7, 11) is 1.40. The summed E-state index contributed by atoms with van der Waals surface area (Å²) in [5.41, 5.74) is 2.68. The van der Waals surface area contributed by atoms with E-state index in [-0.39, 0.29) is 11.9 Å². The lowest BCUT2D eigenvalue weighted by Gasteiger charge is -2.21. The molecule has 2 aliphatic rings. The molecule has 30 heavy (non-hydrogen) atoms. The number of ether oxygens (including phenoxy) is 1. The fourth-order valence-electron chi connectivity index (χ4n) is 4.15. The molecule has 0 spiro atoms. The molecule has 1 N–H and O–H groups in total. The number of aromatic nitrogens is 1. The van der Waals surface area contributed by atoms with E-state index in [1.807, 2.05) is 6.92 Å². The SMILES string of the molecule is COC(=O)c1c(NC(=O)CN2CCCN(c3nc(C)cs3)CC2)sc2c1CCCC2. The van der Waals surface area contributed by atoms with Gasteiger partial charge in [-0.25, -0.2) is 9.78 Å². The second-order valence-corrected chi connectivity index (χ2v) is 9.78. The first-order chi connectivity index (χ1) is 14.5. The van der Waals surface area contributed by atoms with E-state index in [2.05, 4.69) is 25.5 Å². The van der Waals surface area contributed by atoms with Crippen LogP contribution in [0.4, 0.5) is 10.1 Å². The van der Waals surface area contributed by atoms with Crippen LogP contribution in [0.5, 0.6) is 0 Å². The molecule has 9 heteroatoms. The Balaban J connectivity index is 1.39. The van der Waals surface area contributed by atoms with Crippen LogP contribution < -0.4 is 10.2 Å². The van der Waals surface area contributed by atoms with Gasteiger partial charge in [0.25, 0.3) is 0 Å². The van der Waals surface area contributed by atoms with Crippen LogP contribution in [-0.4, -0.2) is 61.6 Å². The van der Waals surface area contributed by atoms with E-state index in [1.54, 1.807) is 11.3 Å². The summed E-state index contributed by atoms with van der Waals surface area (Å²) in [5, 5.41) is 6.79. The third kappa shape index (κ3) is 4.68. The van der Waals surface area contributed by atoms with Crippen LogP contribution >= 0.6 is 22.7 Å². The lowest BCUT2D eigenvalue weighted by molar-refractivity contribution is -0.117. The number of fused-ring (bicyclic) bond motifs is 1. The van der Waals surface area contributed by atoms with Gasteiger partial charge in [-0.1, -0.05) is 0 Å². The highest BCUT2D eigenvalue weighted by atomic mass is 32.1. The van der Waals surface area contributed by atoms with Gasteiger partial charge in [-0.2, -0.15) is 0 Å². The minimum Gasteiger partial charge on any atom is -0.465 e. The third-order valence-electron chi connectivity index (χ3n) is 5.65. The minimum absolute atomic E-state index is 0.0720. The van der Waals surface area contributed by atoms with Crippen molar-refractivity contribution in [3.8, 4) is 0 Å². The number of nitrogens with zero attached hydrogens (tertiary/aromatic N) is 3. The summed E-state index contributed by atoms with van der Waals surface area (Å²) in [4.78, 5) is 35.5. The predicted octanol–water partition coefficient (Wildman–Crippen LogP) is 3.33. The zero-order valence-corrected chi connectivity index (χ0v) is 19.2. The molecule has 0 saturated carbocycles. The average Bonchev–Trinajstić information content (AvgIpc) is 3.24. The maximum Gasteiger partial charge on any atom is 0.341 e. The Bertz CT molecular complexity index is 923. The molecule has 1 aliphatic carbocycles. The normalized spacial score (nSPS) is 17.3. The van der Waals surface area contributed by atoms with E-state index in [0.29, 0.717) is 17.1 Å². The number of carbonyl (C=O) groups is 2. The van der Waals surface area contributed by atoms with Crippen molar-refractivity contribution in [1.82, 2.24) is 9.88 Å². The van der Waals surface area contributed by atoms with Crippen LogP contribution in [0.15, 0.2) is 5.38 Å². The van der Waals surface area contributed by atoms with Gasteiger partial charge >= 0.3 is 5.97 Å². The summed E-state index contributed by atoms with van der Waals surface area (Å²) < 4.78 is 5.00. The molecule has 162 valence electrons. The van der Waals surface area contributed by atoms with Crippen molar-refractivity contribution in [1.29, 1.82) is 0 Å². The molecule has 0 bridgehead atoms. The first kappa shape index (κ1) is 21.3. The Morgan fingerprint density at radius 1 is 1.17 bits per heavy atom. The molecule has 1 fully saturated rings. The van der Waals surface area contributed by atoms with Gasteiger partial charge in [-0.3, -0.25) is 9.69 Å². The van der Waals surface area contributed by atoms with Crippen molar-refractivity contribution in [3.63, 3.8) is 0 Å². The number of rotatable bonds is 5. The van der Waals surface area contributed by atoms with E-state index in [9.17, 15) is 9.59 Å². The minimum atomic E-state index is -0.353. The predicted molar refractivity (Wildman–Crippen MR) is 121 cm³/mol. The number of methoxy groups -OCH3 is 1. The quantitative estimate of drug-likeness (QED) is 0.708. The van der Waals surface area contributed by atoms with Crippen molar-refractivity contribution >= 4 is 44.7 Å². The molecule has 0 aromatic carbocycles. The van der Waals surface area contributed by atoms with Gasteiger partial charge in [0.05, 0.1) is 24.9 Å². The maximum atomic E-state index is 12.8. The Morgan fingerprint density at radius 2 is 2.00 bits per heavy atom. The standard InChI is InChI=1S/C21H28N4O3S2/c1-14-13-29-21(22-14)25-9-5-8-24(10-11-25)12-17(26)23-19-18(20(27)28-2)15-6-3-4-7-16(15)30-19/h13H,3-12H2,1-2H3,(H,23,26). The number of hydrogen-bond donors (Lipinski definition) is 1. The first-order valence-corrected chi connectivity index (χ1v) is 12.2. The van der Waals surface area contributed by atoms with Crippen LogP contribution in [0.1, 0.15) is 45.8 Å².